The molecule has 0 aromatic heterocycles. The van der Waals surface area contributed by atoms with Crippen molar-refractivity contribution in [3.8, 4) is 44.5 Å². The van der Waals surface area contributed by atoms with Crippen molar-refractivity contribution in [1.82, 2.24) is 0 Å². The normalized spacial score (nSPS) is 12.3. The summed E-state index contributed by atoms with van der Waals surface area (Å²) in [4.78, 5) is 2.43. The van der Waals surface area contributed by atoms with Crippen LogP contribution < -0.4 is 4.90 Å². The van der Waals surface area contributed by atoms with E-state index in [0.29, 0.717) is 0 Å². The fraction of sp³-hybridized carbons (Fsp3) is 0.0303. The zero-order valence-corrected chi connectivity index (χ0v) is 37.0. The summed E-state index contributed by atoms with van der Waals surface area (Å²) >= 11 is 0. The molecule has 0 atom stereocenters. The van der Waals surface area contributed by atoms with Crippen LogP contribution in [0.15, 0.2) is 243 Å². The fourth-order valence-corrected chi connectivity index (χ4v) is 10.9. The zero-order valence-electron chi connectivity index (χ0n) is 37.0. The van der Waals surface area contributed by atoms with E-state index < -0.39 is 0 Å². The number of benzene rings is 12. The smallest absolute Gasteiger partial charge is 0.0468 e. The lowest BCUT2D eigenvalue weighted by Gasteiger charge is -2.27. The van der Waals surface area contributed by atoms with Gasteiger partial charge in [-0.1, -0.05) is 206 Å². The molecule has 0 heterocycles. The SMILES string of the molecule is C1=Cc2c(cccc2-c2ccc(-c3cc(-c4ccccc4)c4c5ccccc5c5cc(N(c6ccc7ccccc7c6)c6ccc7ccccc7c6)ccc5c4c3-c3ccccc3)cc2)CC1. The van der Waals surface area contributed by atoms with E-state index in [9.17, 15) is 0 Å². The van der Waals surface area contributed by atoms with Crippen LogP contribution >= 0.6 is 0 Å². The molecule has 1 heteroatoms. The highest BCUT2D eigenvalue weighted by Gasteiger charge is 2.23. The van der Waals surface area contributed by atoms with Crippen molar-refractivity contribution >= 4 is 77.0 Å². The first-order valence-corrected chi connectivity index (χ1v) is 23.5. The van der Waals surface area contributed by atoms with Crippen molar-refractivity contribution < 1.29 is 0 Å². The molecule has 0 aliphatic heterocycles. The number of nitrogens with zero attached hydrogens (tertiary/aromatic N) is 1. The quantitative estimate of drug-likeness (QED) is 0.144. The highest BCUT2D eigenvalue weighted by atomic mass is 15.1. The van der Waals surface area contributed by atoms with Crippen LogP contribution in [0.25, 0.3) is 104 Å². The van der Waals surface area contributed by atoms with Crippen LogP contribution in [0.5, 0.6) is 0 Å². The molecule has 1 nitrogen and oxygen atoms in total. The Kier molecular flexibility index (Phi) is 9.39. The monoisotopic (exact) mass is 851 g/mol. The number of hydrogen-bond donors (Lipinski definition) is 0. The van der Waals surface area contributed by atoms with Crippen molar-refractivity contribution in [2.45, 2.75) is 12.8 Å². The van der Waals surface area contributed by atoms with E-state index in [-0.39, 0.29) is 0 Å². The summed E-state index contributed by atoms with van der Waals surface area (Å²) in [7, 11) is 0. The molecule has 0 saturated carbocycles. The minimum atomic E-state index is 1.09. The van der Waals surface area contributed by atoms with Crippen LogP contribution in [0.4, 0.5) is 17.1 Å². The van der Waals surface area contributed by atoms with Gasteiger partial charge >= 0.3 is 0 Å². The van der Waals surface area contributed by atoms with E-state index in [1.54, 1.807) is 0 Å². The molecule has 12 aromatic carbocycles. The van der Waals surface area contributed by atoms with E-state index in [1.165, 1.54) is 109 Å². The molecular formula is C66H45N. The lowest BCUT2D eigenvalue weighted by atomic mass is 9.81. The molecule has 0 spiro atoms. The molecule has 0 radical (unpaired) electrons. The van der Waals surface area contributed by atoms with Crippen molar-refractivity contribution in [2.75, 3.05) is 4.90 Å². The summed E-state index contributed by atoms with van der Waals surface area (Å²) in [5, 5.41) is 12.3. The van der Waals surface area contributed by atoms with Gasteiger partial charge in [0.25, 0.3) is 0 Å². The van der Waals surface area contributed by atoms with Gasteiger partial charge in [-0.2, -0.15) is 0 Å². The second-order valence-corrected chi connectivity index (χ2v) is 17.9. The van der Waals surface area contributed by atoms with Crippen molar-refractivity contribution in [3.05, 3.63) is 254 Å². The predicted octanol–water partition coefficient (Wildman–Crippen LogP) is 18.5. The molecule has 314 valence electrons. The van der Waals surface area contributed by atoms with Gasteiger partial charge in [0.2, 0.25) is 0 Å². The van der Waals surface area contributed by atoms with Crippen molar-refractivity contribution in [3.63, 3.8) is 0 Å². The maximum absolute atomic E-state index is 2.47. The first-order chi connectivity index (χ1) is 33.2. The summed E-state index contributed by atoms with van der Waals surface area (Å²) in [6.45, 7) is 0. The molecule has 0 fully saturated rings. The summed E-state index contributed by atoms with van der Waals surface area (Å²) in [6, 6.07) is 87.8. The maximum atomic E-state index is 2.47. The molecule has 12 aromatic rings. The van der Waals surface area contributed by atoms with Crippen LogP contribution in [0.2, 0.25) is 0 Å². The number of aryl methyl sites for hydroxylation is 1. The van der Waals surface area contributed by atoms with E-state index in [1.807, 2.05) is 0 Å². The van der Waals surface area contributed by atoms with Gasteiger partial charge < -0.3 is 4.90 Å². The third kappa shape index (κ3) is 6.70. The zero-order chi connectivity index (χ0) is 44.3. The maximum Gasteiger partial charge on any atom is 0.0468 e. The Morgan fingerprint density at radius 1 is 0.313 bits per heavy atom. The minimum Gasteiger partial charge on any atom is -0.310 e. The number of anilines is 3. The van der Waals surface area contributed by atoms with Crippen LogP contribution in [-0.2, 0) is 6.42 Å². The molecule has 1 aliphatic carbocycles. The predicted molar refractivity (Wildman–Crippen MR) is 288 cm³/mol. The van der Waals surface area contributed by atoms with Crippen molar-refractivity contribution in [2.24, 2.45) is 0 Å². The molecule has 0 bridgehead atoms. The van der Waals surface area contributed by atoms with Gasteiger partial charge in [0, 0.05) is 17.1 Å². The van der Waals surface area contributed by atoms with Gasteiger partial charge in [-0.05, 0) is 165 Å². The third-order valence-corrected chi connectivity index (χ3v) is 14.0. The van der Waals surface area contributed by atoms with Crippen LogP contribution in [0.3, 0.4) is 0 Å². The standard InChI is InChI=1S/C66H45N/c1-3-18-47(19-4-1)62-43-61(49-32-30-48(31-33-49)57-29-15-25-46-20-11-12-26-56(46)57)64(50-21-5-2-6-22-50)66-60-39-38-55(42-63(60)58-27-13-14-28-59(58)65(62)66)67(53-36-34-44-16-7-9-23-51(44)40-53)54-37-35-45-17-8-10-24-52(45)41-54/h1-10,12-19,21-43H,11,20H2. The molecular weight excluding hydrogens is 807 g/mol. The molecule has 13 rings (SSSR count). The summed E-state index contributed by atoms with van der Waals surface area (Å²) in [5.41, 5.74) is 15.9. The number of rotatable bonds is 7. The van der Waals surface area contributed by atoms with Crippen LogP contribution in [0, 0.1) is 0 Å². The van der Waals surface area contributed by atoms with E-state index >= 15 is 0 Å². The Balaban J connectivity index is 1.11. The lowest BCUT2D eigenvalue weighted by molar-refractivity contribution is 0.986. The van der Waals surface area contributed by atoms with Crippen LogP contribution in [-0.4, -0.2) is 0 Å². The Hall–Kier alpha value is -8.52. The Labute approximate surface area is 391 Å². The van der Waals surface area contributed by atoms with Gasteiger partial charge in [0.1, 0.15) is 0 Å². The van der Waals surface area contributed by atoms with E-state index in [4.69, 9.17) is 0 Å². The highest BCUT2D eigenvalue weighted by molar-refractivity contribution is 6.33. The van der Waals surface area contributed by atoms with E-state index in [0.717, 1.165) is 29.9 Å². The summed E-state index contributed by atoms with van der Waals surface area (Å²) in [6.07, 6.45) is 6.82. The van der Waals surface area contributed by atoms with Crippen LogP contribution in [0.1, 0.15) is 17.5 Å². The van der Waals surface area contributed by atoms with Gasteiger partial charge in [-0.25, -0.2) is 0 Å². The lowest BCUT2D eigenvalue weighted by Crippen LogP contribution is -2.10. The fourth-order valence-electron chi connectivity index (χ4n) is 10.9. The average Bonchev–Trinajstić information content (AvgIpc) is 3.41. The largest absolute Gasteiger partial charge is 0.310 e. The first-order valence-electron chi connectivity index (χ1n) is 23.5. The second kappa shape index (κ2) is 16.2. The summed E-state index contributed by atoms with van der Waals surface area (Å²) < 4.78 is 0. The molecule has 0 amide bonds. The molecule has 0 unspecified atom stereocenters. The molecule has 67 heavy (non-hydrogen) atoms. The van der Waals surface area contributed by atoms with E-state index in [2.05, 4.69) is 254 Å². The molecule has 0 N–H and O–H groups in total. The number of allylic oxidation sites excluding steroid dienone is 1. The first kappa shape index (κ1) is 38.9. The third-order valence-electron chi connectivity index (χ3n) is 14.0. The average molecular weight is 852 g/mol. The van der Waals surface area contributed by atoms with Gasteiger partial charge in [-0.15, -0.1) is 0 Å². The Morgan fingerprint density at radius 2 is 0.851 bits per heavy atom. The number of hydrogen-bond acceptors (Lipinski definition) is 1. The highest BCUT2D eigenvalue weighted by Crippen LogP contribution is 2.50. The minimum absolute atomic E-state index is 1.09. The Morgan fingerprint density at radius 3 is 1.54 bits per heavy atom. The van der Waals surface area contributed by atoms with Gasteiger partial charge in [0.05, 0.1) is 0 Å². The molecule has 0 saturated heterocycles. The molecule has 1 aliphatic rings. The second-order valence-electron chi connectivity index (χ2n) is 17.9. The van der Waals surface area contributed by atoms with Gasteiger partial charge in [-0.3, -0.25) is 0 Å². The van der Waals surface area contributed by atoms with Gasteiger partial charge in [0.15, 0.2) is 0 Å². The van der Waals surface area contributed by atoms with Crippen molar-refractivity contribution in [1.29, 1.82) is 0 Å². The number of fused-ring (bicyclic) bond motifs is 9. The Bertz CT molecular complexity index is 3820. The summed E-state index contributed by atoms with van der Waals surface area (Å²) in [5.74, 6) is 0. The topological polar surface area (TPSA) is 3.24 Å².